The van der Waals surface area contributed by atoms with Crippen molar-refractivity contribution >= 4 is 16.9 Å². The number of fused-ring (bicyclic) bond motifs is 1. The van der Waals surface area contributed by atoms with Crippen LogP contribution in [0.4, 0.5) is 8.78 Å². The van der Waals surface area contributed by atoms with Gasteiger partial charge in [0, 0.05) is 18.5 Å². The monoisotopic (exact) mass is 285 g/mol. The largest absolute Gasteiger partial charge is 0.475 e. The van der Waals surface area contributed by atoms with Gasteiger partial charge in [0.15, 0.2) is 0 Å². The number of hydrogen-bond donors (Lipinski definition) is 3. The summed E-state index contributed by atoms with van der Waals surface area (Å²) in [6, 6.07) is 6.41. The minimum atomic E-state index is -2.78. The molecular weight excluding hydrogens is 272 g/mol. The third kappa shape index (κ3) is 3.31. The van der Waals surface area contributed by atoms with Crippen LogP contribution in [-0.2, 0) is 6.54 Å². The molecule has 0 saturated heterocycles. The first-order valence-electron chi connectivity index (χ1n) is 5.90. The van der Waals surface area contributed by atoms with Crippen LogP contribution >= 0.6 is 0 Å². The van der Waals surface area contributed by atoms with E-state index in [1.54, 1.807) is 18.2 Å². The van der Waals surface area contributed by atoms with Gasteiger partial charge >= 0.3 is 5.97 Å². The highest BCUT2D eigenvalue weighted by atomic mass is 19.3. The highest BCUT2D eigenvalue weighted by molar-refractivity contribution is 5.91. The summed E-state index contributed by atoms with van der Waals surface area (Å²) in [4.78, 5) is 10.8. The molecular formula is C13H13F2NO4. The van der Waals surface area contributed by atoms with Crippen LogP contribution in [0.25, 0.3) is 11.0 Å². The second kappa shape index (κ2) is 5.98. The quantitative estimate of drug-likeness (QED) is 0.754. The molecule has 1 atom stereocenters. The Balaban J connectivity index is 2.02. The molecule has 5 nitrogen and oxygen atoms in total. The number of halogens is 2. The lowest BCUT2D eigenvalue weighted by molar-refractivity contribution is -0.00340. The molecule has 0 aliphatic heterocycles. The number of aliphatic hydroxyl groups excluding tert-OH is 1. The highest BCUT2D eigenvalue weighted by Crippen LogP contribution is 2.20. The Morgan fingerprint density at radius 3 is 2.75 bits per heavy atom. The summed E-state index contributed by atoms with van der Waals surface area (Å²) in [6.07, 6.45) is -4.48. The first-order chi connectivity index (χ1) is 9.47. The number of carboxylic acids is 1. The van der Waals surface area contributed by atoms with Gasteiger partial charge < -0.3 is 19.9 Å². The van der Waals surface area contributed by atoms with Crippen LogP contribution in [0.3, 0.4) is 0 Å². The third-order valence-electron chi connectivity index (χ3n) is 2.76. The van der Waals surface area contributed by atoms with E-state index in [0.717, 1.165) is 5.56 Å². The topological polar surface area (TPSA) is 82.7 Å². The van der Waals surface area contributed by atoms with Crippen LogP contribution in [0.2, 0.25) is 0 Å². The molecule has 0 amide bonds. The first kappa shape index (κ1) is 14.4. The Morgan fingerprint density at radius 2 is 2.10 bits per heavy atom. The molecule has 1 unspecified atom stereocenters. The number of carbonyl (C=O) groups is 1. The lowest BCUT2D eigenvalue weighted by atomic mass is 10.1. The van der Waals surface area contributed by atoms with Crippen molar-refractivity contribution in [2.75, 3.05) is 6.54 Å². The second-order valence-corrected chi connectivity index (χ2v) is 4.32. The molecule has 0 radical (unpaired) electrons. The number of aromatic carboxylic acids is 1. The molecule has 0 fully saturated rings. The van der Waals surface area contributed by atoms with Crippen molar-refractivity contribution in [3.8, 4) is 0 Å². The fourth-order valence-corrected chi connectivity index (χ4v) is 1.76. The van der Waals surface area contributed by atoms with E-state index in [1.807, 2.05) is 0 Å². The van der Waals surface area contributed by atoms with Crippen LogP contribution in [0.1, 0.15) is 16.1 Å². The average Bonchev–Trinajstić information content (AvgIpc) is 2.81. The molecule has 0 saturated carbocycles. The lowest BCUT2D eigenvalue weighted by Crippen LogP contribution is -2.31. The van der Waals surface area contributed by atoms with Crippen LogP contribution in [-0.4, -0.2) is 35.3 Å². The van der Waals surface area contributed by atoms with E-state index in [1.165, 1.54) is 6.07 Å². The summed E-state index contributed by atoms with van der Waals surface area (Å²) in [6.45, 7) is 0.0643. The second-order valence-electron chi connectivity index (χ2n) is 4.32. The van der Waals surface area contributed by atoms with Crippen LogP contribution in [0.15, 0.2) is 28.7 Å². The summed E-state index contributed by atoms with van der Waals surface area (Å²) < 4.78 is 29.3. The van der Waals surface area contributed by atoms with Crippen molar-refractivity contribution < 1.29 is 28.2 Å². The molecule has 1 heterocycles. The van der Waals surface area contributed by atoms with Crippen molar-refractivity contribution in [1.82, 2.24) is 5.32 Å². The molecule has 0 aliphatic rings. The van der Waals surface area contributed by atoms with E-state index >= 15 is 0 Å². The maximum Gasteiger partial charge on any atom is 0.371 e. The SMILES string of the molecule is O=C(O)c1cc2cc(CNCC(O)C(F)F)ccc2o1. The number of alkyl halides is 2. The highest BCUT2D eigenvalue weighted by Gasteiger charge is 2.16. The predicted molar refractivity (Wildman–Crippen MR) is 66.9 cm³/mol. The Bertz CT molecular complexity index is 611. The Kier molecular flexibility index (Phi) is 4.31. The van der Waals surface area contributed by atoms with E-state index in [4.69, 9.17) is 14.6 Å². The van der Waals surface area contributed by atoms with Gasteiger partial charge in [0.2, 0.25) is 5.76 Å². The smallest absolute Gasteiger partial charge is 0.371 e. The van der Waals surface area contributed by atoms with Gasteiger partial charge in [-0.25, -0.2) is 13.6 Å². The van der Waals surface area contributed by atoms with E-state index in [0.29, 0.717) is 11.0 Å². The van der Waals surface area contributed by atoms with Gasteiger partial charge in [0.1, 0.15) is 11.7 Å². The molecule has 1 aromatic heterocycles. The summed E-state index contributed by atoms with van der Waals surface area (Å²) >= 11 is 0. The van der Waals surface area contributed by atoms with Gasteiger partial charge in [-0.2, -0.15) is 0 Å². The van der Waals surface area contributed by atoms with Gasteiger partial charge in [-0.05, 0) is 23.8 Å². The molecule has 0 aliphatic carbocycles. The fraction of sp³-hybridized carbons (Fsp3) is 0.308. The van der Waals surface area contributed by atoms with Gasteiger partial charge in [0.25, 0.3) is 6.43 Å². The number of carboxylic acid groups (broad SMARTS) is 1. The number of rotatable bonds is 6. The predicted octanol–water partition coefficient (Wildman–Crippen LogP) is 1.85. The van der Waals surface area contributed by atoms with Gasteiger partial charge in [-0.1, -0.05) is 6.07 Å². The standard InChI is InChI=1S/C13H13F2NO4/c14-12(15)9(17)6-16-5-7-1-2-10-8(3-7)4-11(20-10)13(18)19/h1-4,9,12,16-17H,5-6H2,(H,18,19). The van der Waals surface area contributed by atoms with Gasteiger partial charge in [-0.15, -0.1) is 0 Å². The number of hydrogen-bond acceptors (Lipinski definition) is 4. The number of furan rings is 1. The van der Waals surface area contributed by atoms with Crippen molar-refractivity contribution in [2.45, 2.75) is 19.1 Å². The Morgan fingerprint density at radius 1 is 1.35 bits per heavy atom. The normalized spacial score (nSPS) is 13.0. The van der Waals surface area contributed by atoms with Crippen molar-refractivity contribution in [3.05, 3.63) is 35.6 Å². The molecule has 108 valence electrons. The molecule has 2 aromatic rings. The minimum Gasteiger partial charge on any atom is -0.475 e. The van der Waals surface area contributed by atoms with Crippen LogP contribution < -0.4 is 5.32 Å². The third-order valence-corrected chi connectivity index (χ3v) is 2.76. The average molecular weight is 285 g/mol. The van der Waals surface area contributed by atoms with E-state index in [2.05, 4.69) is 5.32 Å². The van der Waals surface area contributed by atoms with Crippen molar-refractivity contribution in [3.63, 3.8) is 0 Å². The van der Waals surface area contributed by atoms with Gasteiger partial charge in [-0.3, -0.25) is 0 Å². The zero-order valence-corrected chi connectivity index (χ0v) is 10.3. The summed E-state index contributed by atoms with van der Waals surface area (Å²) in [5.41, 5.74) is 1.22. The zero-order chi connectivity index (χ0) is 14.7. The molecule has 0 spiro atoms. The Hall–Kier alpha value is -1.99. The lowest BCUT2D eigenvalue weighted by Gasteiger charge is -2.10. The molecule has 2 rings (SSSR count). The molecule has 3 N–H and O–H groups in total. The van der Waals surface area contributed by atoms with Crippen molar-refractivity contribution in [1.29, 1.82) is 0 Å². The molecule has 0 bridgehead atoms. The fourth-order valence-electron chi connectivity index (χ4n) is 1.76. The minimum absolute atomic E-state index is 0.154. The van der Waals surface area contributed by atoms with E-state index in [9.17, 15) is 13.6 Å². The Labute approximate surface area is 112 Å². The van der Waals surface area contributed by atoms with E-state index < -0.39 is 18.5 Å². The van der Waals surface area contributed by atoms with Crippen molar-refractivity contribution in [2.24, 2.45) is 0 Å². The summed E-state index contributed by atoms with van der Waals surface area (Å²) in [7, 11) is 0. The van der Waals surface area contributed by atoms with E-state index in [-0.39, 0.29) is 18.8 Å². The zero-order valence-electron chi connectivity index (χ0n) is 10.3. The maximum absolute atomic E-state index is 12.1. The number of nitrogens with one attached hydrogen (secondary N) is 1. The summed E-state index contributed by atoms with van der Waals surface area (Å²) in [5.74, 6) is -1.31. The molecule has 20 heavy (non-hydrogen) atoms. The van der Waals surface area contributed by atoms with Gasteiger partial charge in [0.05, 0.1) is 0 Å². The summed E-state index contributed by atoms with van der Waals surface area (Å²) in [5, 5.41) is 21.1. The number of aliphatic hydroxyl groups is 1. The molecule has 7 heteroatoms. The molecule has 1 aromatic carbocycles. The first-order valence-corrected chi connectivity index (χ1v) is 5.90. The maximum atomic E-state index is 12.1. The van der Waals surface area contributed by atoms with Crippen LogP contribution in [0.5, 0.6) is 0 Å². The van der Waals surface area contributed by atoms with Crippen LogP contribution in [0, 0.1) is 0 Å². The number of benzene rings is 1.